The lowest BCUT2D eigenvalue weighted by atomic mass is 9.81. The highest BCUT2D eigenvalue weighted by atomic mass is 16.5. The van der Waals surface area contributed by atoms with Gasteiger partial charge in [0.05, 0.1) is 14.2 Å². The van der Waals surface area contributed by atoms with Crippen molar-refractivity contribution in [3.8, 4) is 5.75 Å². The number of ether oxygens (including phenoxy) is 3. The maximum atomic E-state index is 5.75. The van der Waals surface area contributed by atoms with E-state index in [9.17, 15) is 0 Å². The number of allylic oxidation sites excluding steroid dienone is 1. The predicted octanol–water partition coefficient (Wildman–Crippen LogP) is 4.33. The number of fused-ring (bicyclic) bond motifs is 1. The zero-order chi connectivity index (χ0) is 14.8. The topological polar surface area (TPSA) is 27.7 Å². The first-order valence-electron chi connectivity index (χ1n) is 7.79. The Labute approximate surface area is 126 Å². The van der Waals surface area contributed by atoms with Crippen LogP contribution in [0.25, 0.3) is 5.57 Å². The normalized spacial score (nSPS) is 22.3. The molecule has 0 saturated heterocycles. The third-order valence-electron chi connectivity index (χ3n) is 4.80. The summed E-state index contributed by atoms with van der Waals surface area (Å²) < 4.78 is 16.8. The molecule has 1 atom stereocenters. The van der Waals surface area contributed by atoms with Gasteiger partial charge in [-0.05, 0) is 42.0 Å². The van der Waals surface area contributed by atoms with Crippen molar-refractivity contribution in [1.29, 1.82) is 0 Å². The summed E-state index contributed by atoms with van der Waals surface area (Å²) >= 11 is 0. The molecule has 3 heteroatoms. The van der Waals surface area contributed by atoms with E-state index in [-0.39, 0.29) is 6.10 Å². The summed E-state index contributed by atoms with van der Waals surface area (Å²) in [6.45, 7) is 0. The van der Waals surface area contributed by atoms with Gasteiger partial charge >= 0.3 is 0 Å². The molecule has 1 saturated carbocycles. The van der Waals surface area contributed by atoms with Crippen molar-refractivity contribution in [2.24, 2.45) is 5.92 Å². The van der Waals surface area contributed by atoms with Crippen LogP contribution in [0.4, 0.5) is 0 Å². The minimum absolute atomic E-state index is 0.1000. The quantitative estimate of drug-likeness (QED) is 0.825. The molecular formula is C18H24O3. The van der Waals surface area contributed by atoms with E-state index in [1.54, 1.807) is 21.3 Å². The second kappa shape index (κ2) is 6.10. The molecule has 2 aliphatic rings. The van der Waals surface area contributed by atoms with Crippen molar-refractivity contribution < 1.29 is 14.2 Å². The molecular weight excluding hydrogens is 264 g/mol. The number of methoxy groups -OCH3 is 3. The second-order valence-corrected chi connectivity index (χ2v) is 5.89. The van der Waals surface area contributed by atoms with Crippen LogP contribution in [0.5, 0.6) is 5.75 Å². The van der Waals surface area contributed by atoms with Crippen LogP contribution in [0.3, 0.4) is 0 Å². The maximum Gasteiger partial charge on any atom is 0.140 e. The summed E-state index contributed by atoms with van der Waals surface area (Å²) in [6.07, 6.45) is 6.39. The largest absolute Gasteiger partial charge is 0.498 e. The Morgan fingerprint density at radius 2 is 1.71 bits per heavy atom. The number of hydrogen-bond donors (Lipinski definition) is 0. The van der Waals surface area contributed by atoms with Crippen molar-refractivity contribution in [1.82, 2.24) is 0 Å². The van der Waals surface area contributed by atoms with Crippen LogP contribution in [0, 0.1) is 5.92 Å². The van der Waals surface area contributed by atoms with Gasteiger partial charge in [0.25, 0.3) is 0 Å². The number of rotatable bonds is 4. The van der Waals surface area contributed by atoms with Gasteiger partial charge in [0.15, 0.2) is 0 Å². The molecule has 1 aromatic rings. The van der Waals surface area contributed by atoms with Crippen molar-refractivity contribution in [3.05, 3.63) is 35.1 Å². The van der Waals surface area contributed by atoms with Gasteiger partial charge in [-0.2, -0.15) is 0 Å². The molecule has 0 spiro atoms. The molecule has 2 aliphatic carbocycles. The molecule has 3 nitrogen and oxygen atoms in total. The first kappa shape index (κ1) is 14.5. The molecule has 3 rings (SSSR count). The summed E-state index contributed by atoms with van der Waals surface area (Å²) in [5.41, 5.74) is 3.82. The smallest absolute Gasteiger partial charge is 0.140 e. The fourth-order valence-electron chi connectivity index (χ4n) is 3.81. The van der Waals surface area contributed by atoms with Gasteiger partial charge in [-0.15, -0.1) is 0 Å². The Hall–Kier alpha value is -1.48. The molecule has 0 bridgehead atoms. The fraction of sp³-hybridized carbons (Fsp3) is 0.556. The van der Waals surface area contributed by atoms with Crippen LogP contribution < -0.4 is 4.74 Å². The van der Waals surface area contributed by atoms with E-state index in [1.807, 2.05) is 6.07 Å². The Kier molecular flexibility index (Phi) is 4.20. The zero-order valence-corrected chi connectivity index (χ0v) is 13.1. The van der Waals surface area contributed by atoms with Gasteiger partial charge in [0.2, 0.25) is 0 Å². The predicted molar refractivity (Wildman–Crippen MR) is 83.2 cm³/mol. The molecule has 1 aromatic carbocycles. The summed E-state index contributed by atoms with van der Waals surface area (Å²) in [5.74, 6) is 2.46. The lowest BCUT2D eigenvalue weighted by molar-refractivity contribution is 0.0826. The molecule has 0 N–H and O–H groups in total. The van der Waals surface area contributed by atoms with Crippen molar-refractivity contribution >= 4 is 5.57 Å². The highest BCUT2D eigenvalue weighted by Gasteiger charge is 2.36. The molecule has 114 valence electrons. The van der Waals surface area contributed by atoms with E-state index in [0.29, 0.717) is 5.92 Å². The minimum Gasteiger partial charge on any atom is -0.498 e. The van der Waals surface area contributed by atoms with Crippen LogP contribution in [0.15, 0.2) is 24.0 Å². The molecule has 0 radical (unpaired) electrons. The summed E-state index contributed by atoms with van der Waals surface area (Å²) in [6, 6.07) is 6.28. The second-order valence-electron chi connectivity index (χ2n) is 5.89. The van der Waals surface area contributed by atoms with Crippen molar-refractivity contribution in [3.63, 3.8) is 0 Å². The third kappa shape index (κ3) is 2.44. The first-order valence-corrected chi connectivity index (χ1v) is 7.79. The van der Waals surface area contributed by atoms with Crippen LogP contribution >= 0.6 is 0 Å². The monoisotopic (exact) mass is 288 g/mol. The Morgan fingerprint density at radius 1 is 0.952 bits per heavy atom. The SMILES string of the molecule is COC1=C(C2CCCCC2)c2ccc(OC)cc2C1OC. The fourth-order valence-corrected chi connectivity index (χ4v) is 3.81. The van der Waals surface area contributed by atoms with E-state index < -0.39 is 0 Å². The lowest BCUT2D eigenvalue weighted by Gasteiger charge is -2.24. The molecule has 1 fully saturated rings. The van der Waals surface area contributed by atoms with Crippen LogP contribution in [0.2, 0.25) is 0 Å². The molecule has 0 heterocycles. The highest BCUT2D eigenvalue weighted by molar-refractivity contribution is 5.78. The number of hydrogen-bond acceptors (Lipinski definition) is 3. The van der Waals surface area contributed by atoms with E-state index in [4.69, 9.17) is 14.2 Å². The van der Waals surface area contributed by atoms with Crippen LogP contribution in [-0.4, -0.2) is 21.3 Å². The van der Waals surface area contributed by atoms with Gasteiger partial charge < -0.3 is 14.2 Å². The third-order valence-corrected chi connectivity index (χ3v) is 4.80. The Morgan fingerprint density at radius 3 is 2.33 bits per heavy atom. The highest BCUT2D eigenvalue weighted by Crippen LogP contribution is 2.49. The first-order chi connectivity index (χ1) is 10.3. The Bertz CT molecular complexity index is 541. The molecule has 21 heavy (non-hydrogen) atoms. The van der Waals surface area contributed by atoms with E-state index in [1.165, 1.54) is 48.8 Å². The summed E-state index contributed by atoms with van der Waals surface area (Å²) in [7, 11) is 5.20. The maximum absolute atomic E-state index is 5.75. The molecule has 0 aromatic heterocycles. The van der Waals surface area contributed by atoms with Crippen molar-refractivity contribution in [2.45, 2.75) is 38.2 Å². The summed E-state index contributed by atoms with van der Waals surface area (Å²) in [5, 5.41) is 0. The molecule has 1 unspecified atom stereocenters. The molecule has 0 amide bonds. The molecule has 0 aliphatic heterocycles. The summed E-state index contributed by atoms with van der Waals surface area (Å²) in [4.78, 5) is 0. The zero-order valence-electron chi connectivity index (χ0n) is 13.1. The minimum atomic E-state index is -0.1000. The Balaban J connectivity index is 2.06. The van der Waals surface area contributed by atoms with E-state index in [0.717, 1.165) is 11.5 Å². The van der Waals surface area contributed by atoms with Gasteiger partial charge in [-0.1, -0.05) is 25.3 Å². The average molecular weight is 288 g/mol. The average Bonchev–Trinajstić information content (AvgIpc) is 2.87. The standard InChI is InChI=1S/C18H24O3/c1-19-13-9-10-14-15(11-13)17(20-2)18(21-3)16(14)12-7-5-4-6-8-12/h9-12,17H,4-8H2,1-3H3. The van der Waals surface area contributed by atoms with Gasteiger partial charge in [-0.25, -0.2) is 0 Å². The van der Waals surface area contributed by atoms with Gasteiger partial charge in [0, 0.05) is 12.7 Å². The van der Waals surface area contributed by atoms with E-state index >= 15 is 0 Å². The van der Waals surface area contributed by atoms with Crippen LogP contribution in [-0.2, 0) is 9.47 Å². The number of benzene rings is 1. The van der Waals surface area contributed by atoms with Crippen LogP contribution in [0.1, 0.15) is 49.3 Å². The van der Waals surface area contributed by atoms with Gasteiger partial charge in [0.1, 0.15) is 17.6 Å². The van der Waals surface area contributed by atoms with E-state index in [2.05, 4.69) is 12.1 Å². The van der Waals surface area contributed by atoms with Gasteiger partial charge in [-0.3, -0.25) is 0 Å². The van der Waals surface area contributed by atoms with Crippen molar-refractivity contribution in [2.75, 3.05) is 21.3 Å². The lowest BCUT2D eigenvalue weighted by Crippen LogP contribution is -2.10.